The molecule has 1 aliphatic carbocycles. The van der Waals surface area contributed by atoms with E-state index >= 15 is 0 Å². The molecule has 5 nitrogen and oxygen atoms in total. The number of carbonyl (C=O) groups is 2. The Morgan fingerprint density at radius 1 is 1.12 bits per heavy atom. The van der Waals surface area contributed by atoms with Crippen molar-refractivity contribution in [2.24, 2.45) is 5.92 Å². The highest BCUT2D eigenvalue weighted by Crippen LogP contribution is 2.23. The van der Waals surface area contributed by atoms with Crippen LogP contribution in [0.25, 0.3) is 0 Å². The molecular weight excluding hydrogens is 309 g/mol. The van der Waals surface area contributed by atoms with Crippen LogP contribution in [0.5, 0.6) is 0 Å². The molecule has 0 bridgehead atoms. The van der Waals surface area contributed by atoms with Crippen LogP contribution in [0, 0.1) is 11.7 Å². The Balaban J connectivity index is 1.73. The summed E-state index contributed by atoms with van der Waals surface area (Å²) in [7, 11) is 1.73. The number of hydrogen-bond acceptors (Lipinski definition) is 3. The van der Waals surface area contributed by atoms with Gasteiger partial charge in [0.05, 0.1) is 13.1 Å². The molecule has 1 aliphatic rings. The van der Waals surface area contributed by atoms with Gasteiger partial charge in [0.1, 0.15) is 5.82 Å². The summed E-state index contributed by atoms with van der Waals surface area (Å²) < 4.78 is 12.8. The summed E-state index contributed by atoms with van der Waals surface area (Å²) in [6.45, 7) is 2.45. The number of halogens is 1. The number of carbonyl (C=O) groups excluding carboxylic acids is 2. The van der Waals surface area contributed by atoms with Gasteiger partial charge in [0, 0.05) is 11.7 Å². The fourth-order valence-electron chi connectivity index (χ4n) is 3.06. The lowest BCUT2D eigenvalue weighted by atomic mass is 9.86. The van der Waals surface area contributed by atoms with E-state index in [1.165, 1.54) is 30.7 Å². The van der Waals surface area contributed by atoms with Gasteiger partial charge >= 0.3 is 0 Å². The number of rotatable bonds is 6. The first-order valence-corrected chi connectivity index (χ1v) is 8.47. The van der Waals surface area contributed by atoms with Gasteiger partial charge in [0.25, 0.3) is 0 Å². The molecule has 0 radical (unpaired) electrons. The second-order valence-electron chi connectivity index (χ2n) is 6.66. The van der Waals surface area contributed by atoms with Crippen molar-refractivity contribution in [3.8, 4) is 0 Å². The number of hydrogen-bond donors (Lipinski definition) is 2. The van der Waals surface area contributed by atoms with Crippen LogP contribution in [0.15, 0.2) is 24.3 Å². The minimum atomic E-state index is -0.348. The van der Waals surface area contributed by atoms with Crippen molar-refractivity contribution in [3.05, 3.63) is 30.1 Å². The third-order valence-corrected chi connectivity index (χ3v) is 4.41. The summed E-state index contributed by atoms with van der Waals surface area (Å²) >= 11 is 0. The predicted octanol–water partition coefficient (Wildman–Crippen LogP) is 2.39. The number of anilines is 1. The van der Waals surface area contributed by atoms with Gasteiger partial charge in [-0.2, -0.15) is 0 Å². The van der Waals surface area contributed by atoms with Crippen LogP contribution in [0.1, 0.15) is 32.6 Å². The molecule has 0 heterocycles. The van der Waals surface area contributed by atoms with Crippen molar-refractivity contribution in [1.82, 2.24) is 10.2 Å². The van der Waals surface area contributed by atoms with Crippen molar-refractivity contribution in [2.45, 2.75) is 38.6 Å². The minimum Gasteiger partial charge on any atom is -0.352 e. The molecule has 0 spiro atoms. The standard InChI is InChI=1S/C18H26FN3O2/c1-13-5-3-4-6-16(13)21-18(24)12-22(2)11-17(23)20-15-9-7-14(19)8-10-15/h7-10,13,16H,3-6,11-12H2,1-2H3,(H,20,23)(H,21,24)/t13-,16-/m0/s1. The molecule has 0 aliphatic heterocycles. The summed E-state index contributed by atoms with van der Waals surface area (Å²) in [5.41, 5.74) is 0.537. The Labute approximate surface area is 142 Å². The van der Waals surface area contributed by atoms with Crippen LogP contribution in [0.3, 0.4) is 0 Å². The highest BCUT2D eigenvalue weighted by atomic mass is 19.1. The molecular formula is C18H26FN3O2. The molecule has 6 heteroatoms. The maximum atomic E-state index is 12.8. The molecule has 2 atom stereocenters. The SMILES string of the molecule is C[C@H]1CCCC[C@@H]1NC(=O)CN(C)CC(=O)Nc1ccc(F)cc1. The van der Waals surface area contributed by atoms with Crippen molar-refractivity contribution in [2.75, 3.05) is 25.5 Å². The fourth-order valence-corrected chi connectivity index (χ4v) is 3.06. The zero-order chi connectivity index (χ0) is 17.5. The predicted molar refractivity (Wildman–Crippen MR) is 92.1 cm³/mol. The number of amides is 2. The lowest BCUT2D eigenvalue weighted by Gasteiger charge is -2.30. The van der Waals surface area contributed by atoms with Gasteiger partial charge in [-0.25, -0.2) is 4.39 Å². The number of likely N-dealkylation sites (N-methyl/N-ethyl adjacent to an activating group) is 1. The molecule has 1 aromatic rings. The van der Waals surface area contributed by atoms with Gasteiger partial charge in [-0.3, -0.25) is 14.5 Å². The van der Waals surface area contributed by atoms with E-state index in [0.717, 1.165) is 19.3 Å². The van der Waals surface area contributed by atoms with E-state index in [4.69, 9.17) is 0 Å². The highest BCUT2D eigenvalue weighted by Gasteiger charge is 2.23. The van der Waals surface area contributed by atoms with Crippen LogP contribution in [0.4, 0.5) is 10.1 Å². The minimum absolute atomic E-state index is 0.0502. The molecule has 1 aromatic carbocycles. The van der Waals surface area contributed by atoms with Gasteiger partial charge in [0.15, 0.2) is 0 Å². The van der Waals surface area contributed by atoms with Crippen molar-refractivity contribution >= 4 is 17.5 Å². The second kappa shape index (κ2) is 8.78. The van der Waals surface area contributed by atoms with E-state index in [0.29, 0.717) is 11.6 Å². The average Bonchev–Trinajstić information content (AvgIpc) is 2.51. The second-order valence-corrected chi connectivity index (χ2v) is 6.66. The Morgan fingerprint density at radius 2 is 1.75 bits per heavy atom. The lowest BCUT2D eigenvalue weighted by Crippen LogP contribution is -2.46. The molecule has 2 rings (SSSR count). The molecule has 2 N–H and O–H groups in total. The molecule has 1 saturated carbocycles. The van der Waals surface area contributed by atoms with Gasteiger partial charge in [-0.05, 0) is 50.1 Å². The van der Waals surface area contributed by atoms with Crippen LogP contribution >= 0.6 is 0 Å². The van der Waals surface area contributed by atoms with E-state index in [2.05, 4.69) is 17.6 Å². The summed E-state index contributed by atoms with van der Waals surface area (Å²) in [4.78, 5) is 25.7. The van der Waals surface area contributed by atoms with Gasteiger partial charge in [0.2, 0.25) is 11.8 Å². The Morgan fingerprint density at radius 3 is 2.42 bits per heavy atom. The average molecular weight is 335 g/mol. The molecule has 0 saturated heterocycles. The third-order valence-electron chi connectivity index (χ3n) is 4.41. The molecule has 24 heavy (non-hydrogen) atoms. The van der Waals surface area contributed by atoms with Crippen molar-refractivity contribution < 1.29 is 14.0 Å². The number of nitrogens with one attached hydrogen (secondary N) is 2. The van der Waals surface area contributed by atoms with Gasteiger partial charge in [-0.1, -0.05) is 19.8 Å². The Hall–Kier alpha value is -1.95. The van der Waals surface area contributed by atoms with Crippen LogP contribution in [0.2, 0.25) is 0 Å². The topological polar surface area (TPSA) is 61.4 Å². The Kier molecular flexibility index (Phi) is 6.73. The largest absolute Gasteiger partial charge is 0.352 e. The highest BCUT2D eigenvalue weighted by molar-refractivity contribution is 5.92. The normalized spacial score (nSPS) is 20.7. The zero-order valence-electron chi connectivity index (χ0n) is 14.3. The summed E-state index contributed by atoms with van der Waals surface area (Å²) in [6.07, 6.45) is 4.57. The number of benzene rings is 1. The van der Waals surface area contributed by atoms with E-state index in [9.17, 15) is 14.0 Å². The molecule has 0 unspecified atom stereocenters. The summed E-state index contributed by atoms with van der Waals surface area (Å²) in [5.74, 6) is -0.123. The van der Waals surface area contributed by atoms with Gasteiger partial charge < -0.3 is 10.6 Å². The monoisotopic (exact) mass is 335 g/mol. The van der Waals surface area contributed by atoms with E-state index in [-0.39, 0.29) is 36.8 Å². The molecule has 132 valence electrons. The van der Waals surface area contributed by atoms with Crippen LogP contribution < -0.4 is 10.6 Å². The fraction of sp³-hybridized carbons (Fsp3) is 0.556. The molecule has 0 aromatic heterocycles. The quantitative estimate of drug-likeness (QED) is 0.839. The summed E-state index contributed by atoms with van der Waals surface area (Å²) in [6, 6.07) is 5.83. The van der Waals surface area contributed by atoms with Crippen molar-refractivity contribution in [1.29, 1.82) is 0 Å². The first-order valence-electron chi connectivity index (χ1n) is 8.47. The zero-order valence-corrected chi connectivity index (χ0v) is 14.3. The van der Waals surface area contributed by atoms with Crippen LogP contribution in [-0.4, -0.2) is 42.9 Å². The van der Waals surface area contributed by atoms with E-state index in [1.54, 1.807) is 11.9 Å². The van der Waals surface area contributed by atoms with Crippen molar-refractivity contribution in [3.63, 3.8) is 0 Å². The van der Waals surface area contributed by atoms with E-state index in [1.807, 2.05) is 0 Å². The molecule has 2 amide bonds. The number of nitrogens with zero attached hydrogens (tertiary/aromatic N) is 1. The molecule has 1 fully saturated rings. The van der Waals surface area contributed by atoms with E-state index < -0.39 is 0 Å². The first-order chi connectivity index (χ1) is 11.4. The first kappa shape index (κ1) is 18.4. The Bertz CT molecular complexity index is 562. The third kappa shape index (κ3) is 5.92. The van der Waals surface area contributed by atoms with Gasteiger partial charge in [-0.15, -0.1) is 0 Å². The summed E-state index contributed by atoms with van der Waals surface area (Å²) in [5, 5.41) is 5.76. The lowest BCUT2D eigenvalue weighted by molar-refractivity contribution is -0.124. The smallest absolute Gasteiger partial charge is 0.238 e. The maximum absolute atomic E-state index is 12.8. The maximum Gasteiger partial charge on any atom is 0.238 e. The van der Waals surface area contributed by atoms with Crippen LogP contribution in [-0.2, 0) is 9.59 Å².